The molecule has 0 unspecified atom stereocenters. The third-order valence-corrected chi connectivity index (χ3v) is 4.10. The van der Waals surface area contributed by atoms with Crippen LogP contribution in [0.1, 0.15) is 11.1 Å². The second kappa shape index (κ2) is 7.77. The van der Waals surface area contributed by atoms with Gasteiger partial charge in [0.25, 0.3) is 0 Å². The topological polar surface area (TPSA) is 71.2 Å². The van der Waals surface area contributed by atoms with E-state index in [1.807, 2.05) is 55.5 Å². The van der Waals surface area contributed by atoms with Crippen LogP contribution in [0.15, 0.2) is 60.9 Å². The molecule has 0 bridgehead atoms. The Kier molecular flexibility index (Phi) is 5.26. The lowest BCUT2D eigenvalue weighted by atomic mass is 10.1. The van der Waals surface area contributed by atoms with Crippen LogP contribution in [0.5, 0.6) is 0 Å². The van der Waals surface area contributed by atoms with Gasteiger partial charge in [-0.1, -0.05) is 42.0 Å². The summed E-state index contributed by atoms with van der Waals surface area (Å²) in [5, 5.41) is 4.96. The molecule has 0 saturated carbocycles. The van der Waals surface area contributed by atoms with Gasteiger partial charge in [-0.15, -0.1) is 0 Å². The largest absolute Gasteiger partial charge is 0.329 e. The molecule has 0 radical (unpaired) electrons. The van der Waals surface area contributed by atoms with Crippen molar-refractivity contribution in [1.29, 1.82) is 0 Å². The molecule has 2 aromatic carbocycles. The van der Waals surface area contributed by atoms with Crippen LogP contribution in [-0.2, 0) is 6.54 Å². The maximum atomic E-state index is 12.8. The summed E-state index contributed by atoms with van der Waals surface area (Å²) in [5.74, 6) is 0. The van der Waals surface area contributed by atoms with Crippen LogP contribution in [0.4, 0.5) is 10.5 Å². The van der Waals surface area contributed by atoms with Gasteiger partial charge in [0.05, 0.1) is 5.69 Å². The van der Waals surface area contributed by atoms with E-state index in [2.05, 4.69) is 10.3 Å². The van der Waals surface area contributed by atoms with E-state index in [4.69, 9.17) is 5.73 Å². The lowest BCUT2D eigenvalue weighted by Gasteiger charge is -2.23. The number of nitrogens with two attached hydrogens (primary N) is 1. The predicted octanol–water partition coefficient (Wildman–Crippen LogP) is 3.54. The number of aryl methyl sites for hydroxylation is 1. The molecule has 2 amide bonds. The molecule has 0 aliphatic rings. The van der Waals surface area contributed by atoms with Crippen molar-refractivity contribution >= 4 is 22.5 Å². The van der Waals surface area contributed by atoms with Crippen molar-refractivity contribution < 1.29 is 4.79 Å². The Balaban J connectivity index is 1.79. The fourth-order valence-electron chi connectivity index (χ4n) is 2.75. The van der Waals surface area contributed by atoms with Crippen LogP contribution in [-0.4, -0.2) is 29.0 Å². The monoisotopic (exact) mass is 334 g/mol. The Bertz CT molecular complexity index is 856. The van der Waals surface area contributed by atoms with Gasteiger partial charge in [0.2, 0.25) is 0 Å². The number of hydrogen-bond acceptors (Lipinski definition) is 3. The van der Waals surface area contributed by atoms with Gasteiger partial charge < -0.3 is 16.0 Å². The van der Waals surface area contributed by atoms with Crippen LogP contribution in [0.2, 0.25) is 0 Å². The van der Waals surface area contributed by atoms with Crippen LogP contribution in [0.3, 0.4) is 0 Å². The normalized spacial score (nSPS) is 10.6. The zero-order valence-corrected chi connectivity index (χ0v) is 14.3. The Morgan fingerprint density at radius 2 is 1.96 bits per heavy atom. The number of aromatic nitrogens is 1. The minimum Gasteiger partial charge on any atom is -0.329 e. The number of fused-ring (bicyclic) bond motifs is 1. The van der Waals surface area contributed by atoms with E-state index in [1.165, 1.54) is 5.56 Å². The molecule has 5 heteroatoms. The maximum Gasteiger partial charge on any atom is 0.322 e. The SMILES string of the molecule is Cc1ccc(CN(CCN)C(=O)Nc2cccc3cnccc23)cc1. The first-order valence-electron chi connectivity index (χ1n) is 8.31. The van der Waals surface area contributed by atoms with E-state index in [0.29, 0.717) is 19.6 Å². The molecule has 5 nitrogen and oxygen atoms in total. The van der Waals surface area contributed by atoms with Gasteiger partial charge in [-0.25, -0.2) is 4.79 Å². The van der Waals surface area contributed by atoms with Crippen molar-refractivity contribution in [1.82, 2.24) is 9.88 Å². The molecule has 0 aliphatic heterocycles. The molecule has 128 valence electrons. The third kappa shape index (κ3) is 4.14. The number of benzene rings is 2. The molecular weight excluding hydrogens is 312 g/mol. The number of urea groups is 1. The molecule has 3 N–H and O–H groups in total. The lowest BCUT2D eigenvalue weighted by Crippen LogP contribution is -2.38. The minimum absolute atomic E-state index is 0.157. The molecule has 0 fully saturated rings. The highest BCUT2D eigenvalue weighted by Crippen LogP contribution is 2.22. The number of hydrogen-bond donors (Lipinski definition) is 2. The molecule has 0 saturated heterocycles. The van der Waals surface area contributed by atoms with E-state index in [-0.39, 0.29) is 6.03 Å². The number of pyridine rings is 1. The highest BCUT2D eigenvalue weighted by atomic mass is 16.2. The average molecular weight is 334 g/mol. The molecule has 0 atom stereocenters. The van der Waals surface area contributed by atoms with Crippen molar-refractivity contribution in [3.05, 3.63) is 72.1 Å². The van der Waals surface area contributed by atoms with Gasteiger partial charge in [0.1, 0.15) is 0 Å². The molecule has 3 rings (SSSR count). The molecule has 0 spiro atoms. The maximum absolute atomic E-state index is 12.8. The summed E-state index contributed by atoms with van der Waals surface area (Å²) < 4.78 is 0. The van der Waals surface area contributed by atoms with E-state index in [1.54, 1.807) is 17.3 Å². The first kappa shape index (κ1) is 16.9. The summed E-state index contributed by atoms with van der Waals surface area (Å²) in [7, 11) is 0. The number of nitrogens with one attached hydrogen (secondary N) is 1. The number of carbonyl (C=O) groups excluding carboxylic acids is 1. The summed E-state index contributed by atoms with van der Waals surface area (Å²) in [6.07, 6.45) is 3.51. The molecule has 25 heavy (non-hydrogen) atoms. The van der Waals surface area contributed by atoms with Crippen LogP contribution in [0, 0.1) is 6.92 Å². The van der Waals surface area contributed by atoms with Gasteiger partial charge in [-0.05, 0) is 24.6 Å². The van der Waals surface area contributed by atoms with E-state index < -0.39 is 0 Å². The summed E-state index contributed by atoms with van der Waals surface area (Å²) in [5.41, 5.74) is 8.75. The molecule has 3 aromatic rings. The van der Waals surface area contributed by atoms with Crippen molar-refractivity contribution in [3.63, 3.8) is 0 Å². The van der Waals surface area contributed by atoms with Gasteiger partial charge >= 0.3 is 6.03 Å². The van der Waals surface area contributed by atoms with E-state index >= 15 is 0 Å². The smallest absolute Gasteiger partial charge is 0.322 e. The standard InChI is InChI=1S/C20H22N4O/c1-15-5-7-16(8-6-15)14-24(12-10-21)20(25)23-19-4-2-3-17-13-22-11-9-18(17)19/h2-9,11,13H,10,12,14,21H2,1H3,(H,23,25). The van der Waals surface area contributed by atoms with Gasteiger partial charge in [-0.3, -0.25) is 4.98 Å². The van der Waals surface area contributed by atoms with Gasteiger partial charge in [-0.2, -0.15) is 0 Å². The Morgan fingerprint density at radius 3 is 2.72 bits per heavy atom. The Labute approximate surface area is 147 Å². The average Bonchev–Trinajstić information content (AvgIpc) is 2.63. The number of carbonyl (C=O) groups is 1. The highest BCUT2D eigenvalue weighted by Gasteiger charge is 2.14. The third-order valence-electron chi connectivity index (χ3n) is 4.10. The fraction of sp³-hybridized carbons (Fsp3) is 0.200. The molecule has 1 aromatic heterocycles. The number of amides is 2. The minimum atomic E-state index is -0.157. The summed E-state index contributed by atoms with van der Waals surface area (Å²) in [6.45, 7) is 3.48. The number of nitrogens with zero attached hydrogens (tertiary/aromatic N) is 2. The zero-order valence-electron chi connectivity index (χ0n) is 14.3. The summed E-state index contributed by atoms with van der Waals surface area (Å²) in [6, 6.07) is 15.7. The highest BCUT2D eigenvalue weighted by molar-refractivity contribution is 6.01. The molecular formula is C20H22N4O. The first-order valence-corrected chi connectivity index (χ1v) is 8.31. The quantitative estimate of drug-likeness (QED) is 0.750. The number of rotatable bonds is 5. The van der Waals surface area contributed by atoms with Gasteiger partial charge in [0.15, 0.2) is 0 Å². The molecule has 0 aliphatic carbocycles. The summed E-state index contributed by atoms with van der Waals surface area (Å²) >= 11 is 0. The second-order valence-electron chi connectivity index (χ2n) is 6.03. The van der Waals surface area contributed by atoms with Crippen molar-refractivity contribution in [2.45, 2.75) is 13.5 Å². The van der Waals surface area contributed by atoms with Crippen molar-refractivity contribution in [2.75, 3.05) is 18.4 Å². The lowest BCUT2D eigenvalue weighted by molar-refractivity contribution is 0.210. The van der Waals surface area contributed by atoms with Crippen LogP contribution in [0.25, 0.3) is 10.8 Å². The van der Waals surface area contributed by atoms with Crippen LogP contribution < -0.4 is 11.1 Å². The van der Waals surface area contributed by atoms with Crippen molar-refractivity contribution in [2.24, 2.45) is 5.73 Å². The molecule has 1 heterocycles. The Hall–Kier alpha value is -2.92. The van der Waals surface area contributed by atoms with E-state index in [0.717, 1.165) is 22.0 Å². The Morgan fingerprint density at radius 1 is 1.16 bits per heavy atom. The number of anilines is 1. The predicted molar refractivity (Wildman–Crippen MR) is 101 cm³/mol. The first-order chi connectivity index (χ1) is 12.2. The van der Waals surface area contributed by atoms with Gasteiger partial charge in [0, 0.05) is 42.8 Å². The van der Waals surface area contributed by atoms with Crippen LogP contribution >= 0.6 is 0 Å². The fourth-order valence-corrected chi connectivity index (χ4v) is 2.75. The second-order valence-corrected chi connectivity index (χ2v) is 6.03. The summed E-state index contributed by atoms with van der Waals surface area (Å²) in [4.78, 5) is 18.6. The van der Waals surface area contributed by atoms with Crippen molar-refractivity contribution in [3.8, 4) is 0 Å². The zero-order chi connectivity index (χ0) is 17.6. The van der Waals surface area contributed by atoms with E-state index in [9.17, 15) is 4.79 Å².